The lowest BCUT2D eigenvalue weighted by molar-refractivity contribution is -0.129. The molecule has 1 fully saturated rings. The molecule has 5 nitrogen and oxygen atoms in total. The summed E-state index contributed by atoms with van der Waals surface area (Å²) in [6.45, 7) is 0.521. The fourth-order valence-corrected chi connectivity index (χ4v) is 2.48. The summed E-state index contributed by atoms with van der Waals surface area (Å²) in [5, 5.41) is 11.8. The SMILES string of the molecule is O=C(O)c1c(Cl)ccc(Cl)c1NC(=O)C1CCCCO1. The quantitative estimate of drug-likeness (QED) is 0.897. The molecule has 2 rings (SSSR count). The molecule has 1 atom stereocenters. The molecule has 0 aliphatic carbocycles. The van der Waals surface area contributed by atoms with E-state index in [-0.39, 0.29) is 21.3 Å². The van der Waals surface area contributed by atoms with E-state index in [0.717, 1.165) is 12.8 Å². The number of carbonyl (C=O) groups excluding carboxylic acids is 1. The third-order valence-corrected chi connectivity index (χ3v) is 3.67. The van der Waals surface area contributed by atoms with Crippen molar-refractivity contribution < 1.29 is 19.4 Å². The number of benzene rings is 1. The molecular formula is C13H13Cl2NO4. The predicted octanol–water partition coefficient (Wildman–Crippen LogP) is 3.20. The van der Waals surface area contributed by atoms with Crippen LogP contribution in [-0.4, -0.2) is 29.7 Å². The Bertz CT molecular complexity index is 541. The van der Waals surface area contributed by atoms with Crippen molar-refractivity contribution in [3.05, 3.63) is 27.7 Å². The molecule has 1 aromatic carbocycles. The lowest BCUT2D eigenvalue weighted by Crippen LogP contribution is -2.33. The van der Waals surface area contributed by atoms with Gasteiger partial charge in [0.05, 0.1) is 15.7 Å². The maximum absolute atomic E-state index is 12.1. The number of hydrogen-bond donors (Lipinski definition) is 2. The van der Waals surface area contributed by atoms with Crippen molar-refractivity contribution in [1.82, 2.24) is 0 Å². The molecule has 0 bridgehead atoms. The molecule has 1 aliphatic rings. The summed E-state index contributed by atoms with van der Waals surface area (Å²) in [5.74, 6) is -1.66. The Morgan fingerprint density at radius 2 is 1.95 bits per heavy atom. The molecule has 1 unspecified atom stereocenters. The highest BCUT2D eigenvalue weighted by molar-refractivity contribution is 6.38. The number of hydrogen-bond acceptors (Lipinski definition) is 3. The number of rotatable bonds is 3. The number of aromatic carboxylic acids is 1. The van der Waals surface area contributed by atoms with E-state index >= 15 is 0 Å². The number of carboxylic acids is 1. The van der Waals surface area contributed by atoms with Crippen molar-refractivity contribution in [3.8, 4) is 0 Å². The maximum atomic E-state index is 12.1. The van der Waals surface area contributed by atoms with Crippen LogP contribution >= 0.6 is 23.2 Å². The van der Waals surface area contributed by atoms with Crippen LogP contribution in [0.2, 0.25) is 10.0 Å². The summed E-state index contributed by atoms with van der Waals surface area (Å²) in [6.07, 6.45) is 1.84. The maximum Gasteiger partial charge on any atom is 0.339 e. The van der Waals surface area contributed by atoms with E-state index < -0.39 is 18.0 Å². The van der Waals surface area contributed by atoms with E-state index in [9.17, 15) is 9.59 Å². The van der Waals surface area contributed by atoms with Gasteiger partial charge in [-0.15, -0.1) is 0 Å². The van der Waals surface area contributed by atoms with E-state index in [0.29, 0.717) is 13.0 Å². The van der Waals surface area contributed by atoms with E-state index in [1.165, 1.54) is 12.1 Å². The molecule has 108 valence electrons. The van der Waals surface area contributed by atoms with Crippen LogP contribution in [0.15, 0.2) is 12.1 Å². The van der Waals surface area contributed by atoms with Crippen LogP contribution in [0, 0.1) is 0 Å². The summed E-state index contributed by atoms with van der Waals surface area (Å²) in [7, 11) is 0. The number of amides is 1. The Kier molecular flexibility index (Phi) is 4.86. The largest absolute Gasteiger partial charge is 0.478 e. The van der Waals surface area contributed by atoms with Crippen LogP contribution in [0.5, 0.6) is 0 Å². The standard InChI is InChI=1S/C13H13Cl2NO4/c14-7-4-5-8(15)11(10(7)13(18)19)16-12(17)9-3-1-2-6-20-9/h4-5,9H,1-3,6H2,(H,16,17)(H,18,19). The summed E-state index contributed by atoms with van der Waals surface area (Å²) in [5.41, 5.74) is -0.214. The molecule has 1 saturated heterocycles. The third-order valence-electron chi connectivity index (χ3n) is 3.04. The summed E-state index contributed by atoms with van der Waals surface area (Å²) in [4.78, 5) is 23.3. The first kappa shape index (κ1) is 15.1. The van der Waals surface area contributed by atoms with Gasteiger partial charge in [-0.2, -0.15) is 0 Å². The molecular weight excluding hydrogens is 305 g/mol. The monoisotopic (exact) mass is 317 g/mol. The van der Waals surface area contributed by atoms with Gasteiger partial charge in [0.1, 0.15) is 11.7 Å². The van der Waals surface area contributed by atoms with Crippen LogP contribution in [0.1, 0.15) is 29.6 Å². The smallest absolute Gasteiger partial charge is 0.339 e. The average Bonchev–Trinajstić information content (AvgIpc) is 2.43. The van der Waals surface area contributed by atoms with E-state index in [2.05, 4.69) is 5.32 Å². The topological polar surface area (TPSA) is 75.6 Å². The van der Waals surface area contributed by atoms with Crippen molar-refractivity contribution in [3.63, 3.8) is 0 Å². The molecule has 0 spiro atoms. The predicted molar refractivity (Wildman–Crippen MR) is 75.6 cm³/mol. The second-order valence-electron chi connectivity index (χ2n) is 4.43. The number of anilines is 1. The van der Waals surface area contributed by atoms with Crippen molar-refractivity contribution in [2.75, 3.05) is 11.9 Å². The Morgan fingerprint density at radius 3 is 2.55 bits per heavy atom. The number of carboxylic acid groups (broad SMARTS) is 1. The fraction of sp³-hybridized carbons (Fsp3) is 0.385. The Balaban J connectivity index is 2.26. The van der Waals surface area contributed by atoms with Gasteiger partial charge in [0, 0.05) is 6.61 Å². The van der Waals surface area contributed by atoms with Crippen LogP contribution in [0.4, 0.5) is 5.69 Å². The highest BCUT2D eigenvalue weighted by Crippen LogP contribution is 2.32. The molecule has 0 aromatic heterocycles. The van der Waals surface area contributed by atoms with E-state index in [1.54, 1.807) is 0 Å². The first-order valence-corrected chi connectivity index (χ1v) is 6.90. The lowest BCUT2D eigenvalue weighted by atomic mass is 10.1. The van der Waals surface area contributed by atoms with Gasteiger partial charge in [0.25, 0.3) is 5.91 Å². The van der Waals surface area contributed by atoms with E-state index in [4.69, 9.17) is 33.0 Å². The lowest BCUT2D eigenvalue weighted by Gasteiger charge is -2.22. The van der Waals surface area contributed by atoms with Crippen LogP contribution in [0.3, 0.4) is 0 Å². The highest BCUT2D eigenvalue weighted by atomic mass is 35.5. The molecule has 1 aliphatic heterocycles. The van der Waals surface area contributed by atoms with Gasteiger partial charge in [-0.05, 0) is 31.4 Å². The number of nitrogens with one attached hydrogen (secondary N) is 1. The van der Waals surface area contributed by atoms with E-state index in [1.807, 2.05) is 0 Å². The van der Waals surface area contributed by atoms with Crippen molar-refractivity contribution >= 4 is 40.8 Å². The average molecular weight is 318 g/mol. The Morgan fingerprint density at radius 1 is 1.25 bits per heavy atom. The molecule has 2 N–H and O–H groups in total. The van der Waals surface area contributed by atoms with Crippen molar-refractivity contribution in [2.24, 2.45) is 0 Å². The first-order chi connectivity index (χ1) is 9.50. The number of halogens is 2. The molecule has 1 amide bonds. The van der Waals surface area contributed by atoms with Gasteiger partial charge < -0.3 is 15.2 Å². The van der Waals surface area contributed by atoms with Crippen LogP contribution < -0.4 is 5.32 Å². The van der Waals surface area contributed by atoms with Crippen molar-refractivity contribution in [1.29, 1.82) is 0 Å². The highest BCUT2D eigenvalue weighted by Gasteiger charge is 2.25. The third kappa shape index (κ3) is 3.23. The van der Waals surface area contributed by atoms with Gasteiger partial charge in [0.2, 0.25) is 0 Å². The van der Waals surface area contributed by atoms with Crippen LogP contribution in [-0.2, 0) is 9.53 Å². The zero-order valence-electron chi connectivity index (χ0n) is 10.5. The van der Waals surface area contributed by atoms with Crippen molar-refractivity contribution in [2.45, 2.75) is 25.4 Å². The summed E-state index contributed by atoms with van der Waals surface area (Å²) < 4.78 is 5.35. The summed E-state index contributed by atoms with van der Waals surface area (Å²) in [6, 6.07) is 2.81. The zero-order chi connectivity index (χ0) is 14.7. The Labute approximate surface area is 125 Å². The molecule has 1 heterocycles. The zero-order valence-corrected chi connectivity index (χ0v) is 12.0. The fourth-order valence-electron chi connectivity index (χ4n) is 2.03. The second kappa shape index (κ2) is 6.43. The minimum atomic E-state index is -1.25. The van der Waals surface area contributed by atoms with Gasteiger partial charge in [-0.1, -0.05) is 23.2 Å². The first-order valence-electron chi connectivity index (χ1n) is 6.14. The minimum Gasteiger partial charge on any atom is -0.478 e. The molecule has 7 heteroatoms. The molecule has 0 radical (unpaired) electrons. The Hall–Kier alpha value is -1.30. The second-order valence-corrected chi connectivity index (χ2v) is 5.24. The number of ether oxygens (including phenoxy) is 1. The van der Waals surface area contributed by atoms with Gasteiger partial charge in [-0.3, -0.25) is 4.79 Å². The molecule has 20 heavy (non-hydrogen) atoms. The van der Waals surface area contributed by atoms with Gasteiger partial charge >= 0.3 is 5.97 Å². The minimum absolute atomic E-state index is 0.00541. The van der Waals surface area contributed by atoms with Gasteiger partial charge in [0.15, 0.2) is 0 Å². The molecule has 0 saturated carbocycles. The summed E-state index contributed by atoms with van der Waals surface area (Å²) >= 11 is 11.8. The van der Waals surface area contributed by atoms with Gasteiger partial charge in [-0.25, -0.2) is 4.79 Å². The van der Waals surface area contributed by atoms with Crippen LogP contribution in [0.25, 0.3) is 0 Å². The normalized spacial score (nSPS) is 18.6. The molecule has 1 aromatic rings. The number of carbonyl (C=O) groups is 2.